The van der Waals surface area contributed by atoms with E-state index in [1.807, 2.05) is 0 Å². The third-order valence-electron chi connectivity index (χ3n) is 1.31. The fraction of sp³-hybridized carbons (Fsp3) is 0. The van der Waals surface area contributed by atoms with Crippen LogP contribution >= 0.6 is 0 Å². The maximum atomic E-state index is 12.4. The highest BCUT2D eigenvalue weighted by molar-refractivity contribution is 5.83. The zero-order valence-corrected chi connectivity index (χ0v) is 5.37. The molecule has 0 aliphatic heterocycles. The van der Waals surface area contributed by atoms with Crippen LogP contribution in [0.4, 0.5) is 10.2 Å². The van der Waals surface area contributed by atoms with Crippen molar-refractivity contribution in [3.63, 3.8) is 0 Å². The Morgan fingerprint density at radius 2 is 2.27 bits per heavy atom. The minimum atomic E-state index is -0.848. The Bertz CT molecular complexity index is 395. The summed E-state index contributed by atoms with van der Waals surface area (Å²) in [5.74, 6) is 0.0984. The summed E-state index contributed by atoms with van der Waals surface area (Å²) in [6.45, 7) is 0. The zero-order valence-electron chi connectivity index (χ0n) is 5.37. The molecule has 0 saturated heterocycles. The number of H-pyrrole nitrogens is 1. The normalized spacial score (nSPS) is 10.6. The molecular formula is C5H4FN5. The monoisotopic (exact) mass is 153 g/mol. The van der Waals surface area contributed by atoms with E-state index >= 15 is 0 Å². The number of hydrogen-bond acceptors (Lipinski definition) is 4. The van der Waals surface area contributed by atoms with E-state index in [4.69, 9.17) is 5.73 Å². The average Bonchev–Trinajstić information content (AvgIpc) is 2.34. The Hall–Kier alpha value is -1.72. The van der Waals surface area contributed by atoms with Crippen molar-refractivity contribution in [1.82, 2.24) is 20.2 Å². The van der Waals surface area contributed by atoms with E-state index in [0.717, 1.165) is 0 Å². The number of fused-ring (bicyclic) bond motifs is 1. The number of nitrogens with two attached hydrogens (primary N) is 1. The van der Waals surface area contributed by atoms with Crippen LogP contribution in [-0.4, -0.2) is 20.2 Å². The Labute approximate surface area is 60.5 Å². The van der Waals surface area contributed by atoms with Crippen LogP contribution in [0.5, 0.6) is 0 Å². The van der Waals surface area contributed by atoms with Gasteiger partial charge in [0.15, 0.2) is 5.65 Å². The quantitative estimate of drug-likeness (QED) is 0.525. The number of nitrogens with zero attached hydrogens (tertiary/aromatic N) is 3. The van der Waals surface area contributed by atoms with Crippen LogP contribution in [0.25, 0.3) is 11.0 Å². The molecule has 0 fully saturated rings. The molecule has 0 atom stereocenters. The molecule has 0 amide bonds. The van der Waals surface area contributed by atoms with Gasteiger partial charge in [-0.05, 0) is 0 Å². The smallest absolute Gasteiger partial charge is 0.312 e. The van der Waals surface area contributed by atoms with E-state index in [1.54, 1.807) is 0 Å². The number of aromatic amines is 1. The predicted octanol–water partition coefficient (Wildman–Crippen LogP) is 0.0742. The van der Waals surface area contributed by atoms with Gasteiger partial charge in [0.2, 0.25) is 0 Å². The van der Waals surface area contributed by atoms with E-state index in [9.17, 15) is 4.39 Å². The van der Waals surface area contributed by atoms with Crippen molar-refractivity contribution in [2.75, 3.05) is 5.73 Å². The van der Waals surface area contributed by atoms with Crippen molar-refractivity contribution in [1.29, 1.82) is 0 Å². The van der Waals surface area contributed by atoms with Crippen molar-refractivity contribution < 1.29 is 4.39 Å². The van der Waals surface area contributed by atoms with Crippen LogP contribution in [0.2, 0.25) is 0 Å². The number of rotatable bonds is 0. The summed E-state index contributed by atoms with van der Waals surface area (Å²) in [6.07, 6.45) is 0.601. The van der Waals surface area contributed by atoms with Gasteiger partial charge in [0.25, 0.3) is 0 Å². The Balaban J connectivity index is 2.91. The molecule has 0 radical (unpaired) electrons. The van der Waals surface area contributed by atoms with E-state index in [0.29, 0.717) is 11.0 Å². The lowest BCUT2D eigenvalue weighted by Crippen LogP contribution is -1.96. The van der Waals surface area contributed by atoms with Gasteiger partial charge in [-0.2, -0.15) is 19.5 Å². The Morgan fingerprint density at radius 3 is 3.09 bits per heavy atom. The highest BCUT2D eigenvalue weighted by atomic mass is 19.1. The lowest BCUT2D eigenvalue weighted by molar-refractivity contribution is 0.545. The number of aromatic nitrogens is 4. The standard InChI is InChI=1S/C5H4FN5/c6-5-9-3(7)2-1-8-11-4(2)10-5/h1H,(H3,7,8,9,10,11). The van der Waals surface area contributed by atoms with Crippen LogP contribution in [0.3, 0.4) is 0 Å². The van der Waals surface area contributed by atoms with Gasteiger partial charge in [0.05, 0.1) is 11.6 Å². The van der Waals surface area contributed by atoms with Crippen LogP contribution in [0, 0.1) is 6.08 Å². The summed E-state index contributed by atoms with van der Waals surface area (Å²) in [4.78, 5) is 6.73. The van der Waals surface area contributed by atoms with Gasteiger partial charge < -0.3 is 5.73 Å². The summed E-state index contributed by atoms with van der Waals surface area (Å²) in [5.41, 5.74) is 5.67. The summed E-state index contributed by atoms with van der Waals surface area (Å²) >= 11 is 0. The van der Waals surface area contributed by atoms with Gasteiger partial charge in [-0.1, -0.05) is 0 Å². The minimum absolute atomic E-state index is 0.0984. The maximum Gasteiger partial charge on any atom is 0.312 e. The van der Waals surface area contributed by atoms with Gasteiger partial charge in [-0.15, -0.1) is 0 Å². The second-order valence-electron chi connectivity index (χ2n) is 2.01. The van der Waals surface area contributed by atoms with Crippen LogP contribution in [-0.2, 0) is 0 Å². The first-order valence-corrected chi connectivity index (χ1v) is 2.89. The molecule has 0 aromatic carbocycles. The summed E-state index contributed by atoms with van der Waals surface area (Å²) in [7, 11) is 0. The van der Waals surface area contributed by atoms with E-state index in [1.165, 1.54) is 6.20 Å². The highest BCUT2D eigenvalue weighted by Gasteiger charge is 2.04. The molecule has 2 aromatic heterocycles. The van der Waals surface area contributed by atoms with Crippen molar-refractivity contribution in [2.24, 2.45) is 0 Å². The molecule has 56 valence electrons. The second kappa shape index (κ2) is 1.88. The molecule has 2 heterocycles. The molecule has 0 unspecified atom stereocenters. The zero-order chi connectivity index (χ0) is 7.84. The first kappa shape index (κ1) is 6.02. The molecule has 0 spiro atoms. The number of nitrogen functional groups attached to an aromatic ring is 1. The van der Waals surface area contributed by atoms with Crippen LogP contribution < -0.4 is 5.73 Å². The molecule has 0 aliphatic carbocycles. The van der Waals surface area contributed by atoms with E-state index in [-0.39, 0.29) is 5.82 Å². The number of anilines is 1. The van der Waals surface area contributed by atoms with Crippen molar-refractivity contribution in [3.05, 3.63) is 12.3 Å². The van der Waals surface area contributed by atoms with Gasteiger partial charge in [-0.25, -0.2) is 0 Å². The minimum Gasteiger partial charge on any atom is -0.383 e. The largest absolute Gasteiger partial charge is 0.383 e. The number of nitrogens with one attached hydrogen (secondary N) is 1. The average molecular weight is 153 g/mol. The van der Waals surface area contributed by atoms with E-state index < -0.39 is 6.08 Å². The summed E-state index contributed by atoms with van der Waals surface area (Å²) in [5, 5.41) is 6.64. The van der Waals surface area contributed by atoms with Gasteiger partial charge in [0, 0.05) is 0 Å². The third kappa shape index (κ3) is 0.794. The molecule has 0 aliphatic rings. The fourth-order valence-electron chi connectivity index (χ4n) is 0.829. The van der Waals surface area contributed by atoms with Gasteiger partial charge in [-0.3, -0.25) is 5.10 Å². The molecule has 6 heteroatoms. The molecular weight excluding hydrogens is 149 g/mol. The molecule has 3 N–H and O–H groups in total. The van der Waals surface area contributed by atoms with Crippen molar-refractivity contribution >= 4 is 16.9 Å². The van der Waals surface area contributed by atoms with Gasteiger partial charge >= 0.3 is 6.08 Å². The maximum absolute atomic E-state index is 12.4. The molecule has 5 nitrogen and oxygen atoms in total. The second-order valence-corrected chi connectivity index (χ2v) is 2.01. The third-order valence-corrected chi connectivity index (χ3v) is 1.31. The summed E-state index contributed by atoms with van der Waals surface area (Å²) < 4.78 is 12.4. The Kier molecular flexibility index (Phi) is 1.03. The van der Waals surface area contributed by atoms with Gasteiger partial charge in [0.1, 0.15) is 5.82 Å². The number of halogens is 1. The van der Waals surface area contributed by atoms with Crippen LogP contribution in [0.15, 0.2) is 6.20 Å². The molecule has 11 heavy (non-hydrogen) atoms. The lowest BCUT2D eigenvalue weighted by Gasteiger charge is -1.91. The predicted molar refractivity (Wildman–Crippen MR) is 36.1 cm³/mol. The highest BCUT2D eigenvalue weighted by Crippen LogP contribution is 2.12. The molecule has 2 rings (SSSR count). The first-order valence-electron chi connectivity index (χ1n) is 2.89. The number of hydrogen-bond donors (Lipinski definition) is 2. The molecule has 0 saturated carbocycles. The summed E-state index contributed by atoms with van der Waals surface area (Å²) in [6, 6.07) is 0. The lowest BCUT2D eigenvalue weighted by atomic mass is 10.4. The first-order chi connectivity index (χ1) is 5.27. The topological polar surface area (TPSA) is 80.5 Å². The SMILES string of the molecule is Nc1nc(F)nc2[nH]ncc12. The fourth-order valence-corrected chi connectivity index (χ4v) is 0.829. The van der Waals surface area contributed by atoms with Crippen molar-refractivity contribution in [2.45, 2.75) is 0 Å². The molecule has 2 aromatic rings. The van der Waals surface area contributed by atoms with Crippen molar-refractivity contribution in [3.8, 4) is 0 Å². The Morgan fingerprint density at radius 1 is 1.45 bits per heavy atom. The molecule has 0 bridgehead atoms. The van der Waals surface area contributed by atoms with Crippen LogP contribution in [0.1, 0.15) is 0 Å². The van der Waals surface area contributed by atoms with E-state index in [2.05, 4.69) is 20.2 Å².